The Kier molecular flexibility index (Phi) is 8.65. The average molecular weight is 380 g/mol. The van der Waals surface area contributed by atoms with Gasteiger partial charge in [-0.1, -0.05) is 71.4 Å². The quantitative estimate of drug-likeness (QED) is 0.390. The van der Waals surface area contributed by atoms with Crippen molar-refractivity contribution in [3.8, 4) is 0 Å². The third-order valence-electron chi connectivity index (χ3n) is 6.97. The highest BCUT2D eigenvalue weighted by Gasteiger charge is 2.53. The van der Waals surface area contributed by atoms with Gasteiger partial charge in [0.05, 0.1) is 12.7 Å². The van der Waals surface area contributed by atoms with Gasteiger partial charge in [0.2, 0.25) is 0 Å². The van der Waals surface area contributed by atoms with Gasteiger partial charge in [0.25, 0.3) is 0 Å². The van der Waals surface area contributed by atoms with Gasteiger partial charge in [-0.2, -0.15) is 0 Å². The maximum Gasteiger partial charge on any atom is 0.407 e. The number of carbonyl (C=O) groups is 1. The fourth-order valence-electron chi connectivity index (χ4n) is 5.04. The monoisotopic (exact) mass is 379 g/mol. The minimum atomic E-state index is -0.290. The van der Waals surface area contributed by atoms with Crippen LogP contribution < -0.4 is 5.32 Å². The Bertz CT molecular complexity index is 504. The van der Waals surface area contributed by atoms with Crippen molar-refractivity contribution in [2.24, 2.45) is 23.2 Å². The summed E-state index contributed by atoms with van der Waals surface area (Å²) in [5.41, 5.74) is 1.35. The molecule has 0 radical (unpaired) electrons. The summed E-state index contributed by atoms with van der Waals surface area (Å²) in [5.74, 6) is 1.27. The standard InChI is InChI=1S/C23H41NO3/c1-6-8-10-11-12-20-21-17(3)14-18(4)23(15-26-20,19(21)5)16-27-22(25)24-13-9-7-2/h14,18-21H,6-13,15-16H2,1-5H3,(H,24,25)/t18-,19+,20-,21+,23+/m0/s1. The van der Waals surface area contributed by atoms with Crippen LogP contribution in [-0.2, 0) is 9.47 Å². The van der Waals surface area contributed by atoms with E-state index in [0.717, 1.165) is 19.3 Å². The van der Waals surface area contributed by atoms with Gasteiger partial charge in [-0.25, -0.2) is 4.79 Å². The third kappa shape index (κ3) is 5.28. The van der Waals surface area contributed by atoms with Gasteiger partial charge in [0.1, 0.15) is 6.61 Å². The maximum atomic E-state index is 12.1. The molecule has 5 atom stereocenters. The van der Waals surface area contributed by atoms with E-state index in [1.807, 2.05) is 0 Å². The minimum Gasteiger partial charge on any atom is -0.449 e. The molecule has 1 fully saturated rings. The summed E-state index contributed by atoms with van der Waals surface area (Å²) < 4.78 is 12.1. The van der Waals surface area contributed by atoms with Crippen molar-refractivity contribution in [3.05, 3.63) is 11.6 Å². The Morgan fingerprint density at radius 3 is 2.67 bits per heavy atom. The van der Waals surface area contributed by atoms with Crippen LogP contribution in [-0.4, -0.2) is 32.0 Å². The maximum absolute atomic E-state index is 12.1. The molecule has 0 aromatic rings. The Balaban J connectivity index is 2.00. The molecule has 0 aromatic heterocycles. The molecule has 0 spiro atoms. The highest BCUT2D eigenvalue weighted by Crippen LogP contribution is 2.53. The van der Waals surface area contributed by atoms with Crippen molar-refractivity contribution in [3.63, 3.8) is 0 Å². The molecule has 1 saturated heterocycles. The van der Waals surface area contributed by atoms with Crippen LogP contribution in [0.1, 0.15) is 79.6 Å². The van der Waals surface area contributed by atoms with Crippen molar-refractivity contribution >= 4 is 6.09 Å². The Hall–Kier alpha value is -1.03. The molecule has 2 rings (SSSR count). The minimum absolute atomic E-state index is 0.105. The Morgan fingerprint density at radius 2 is 1.96 bits per heavy atom. The molecule has 2 bridgehead atoms. The molecule has 1 aliphatic carbocycles. The number of rotatable bonds is 10. The second-order valence-corrected chi connectivity index (χ2v) is 8.80. The smallest absolute Gasteiger partial charge is 0.407 e. The molecule has 1 heterocycles. The molecule has 0 saturated carbocycles. The molecule has 2 aliphatic rings. The average Bonchev–Trinajstić information content (AvgIpc) is 2.63. The second-order valence-electron chi connectivity index (χ2n) is 8.80. The van der Waals surface area contributed by atoms with Crippen molar-refractivity contribution in [2.75, 3.05) is 19.8 Å². The Labute approximate surface area is 166 Å². The summed E-state index contributed by atoms with van der Waals surface area (Å²) in [5, 5.41) is 2.86. The predicted molar refractivity (Wildman–Crippen MR) is 111 cm³/mol. The van der Waals surface area contributed by atoms with Gasteiger partial charge in [0, 0.05) is 17.9 Å². The van der Waals surface area contributed by atoms with E-state index in [4.69, 9.17) is 9.47 Å². The molecule has 4 heteroatoms. The van der Waals surface area contributed by atoms with E-state index in [-0.39, 0.29) is 11.5 Å². The highest BCUT2D eigenvalue weighted by atomic mass is 16.6. The summed E-state index contributed by atoms with van der Waals surface area (Å²) in [6.45, 7) is 13.0. The number of nitrogens with one attached hydrogen (secondary N) is 1. The lowest BCUT2D eigenvalue weighted by Crippen LogP contribution is -2.57. The first-order valence-corrected chi connectivity index (χ1v) is 11.2. The van der Waals surface area contributed by atoms with Gasteiger partial charge in [0.15, 0.2) is 0 Å². The molecule has 156 valence electrons. The first kappa shape index (κ1) is 22.3. The van der Waals surface area contributed by atoms with E-state index < -0.39 is 0 Å². The number of fused-ring (bicyclic) bond motifs is 2. The van der Waals surface area contributed by atoms with Gasteiger partial charge < -0.3 is 14.8 Å². The first-order chi connectivity index (χ1) is 13.0. The molecule has 0 unspecified atom stereocenters. The SMILES string of the molecule is CCCCCC[C@@H]1OC[C@]2(COC(=O)NCCCC)[C@H](C)[C@H]1C(C)=C[C@@H]2C. The van der Waals surface area contributed by atoms with Gasteiger partial charge >= 0.3 is 6.09 Å². The summed E-state index contributed by atoms with van der Waals surface area (Å²) in [7, 11) is 0. The van der Waals surface area contributed by atoms with Crippen LogP contribution in [0.15, 0.2) is 11.6 Å². The number of hydrogen-bond acceptors (Lipinski definition) is 3. The third-order valence-corrected chi connectivity index (χ3v) is 6.97. The number of amides is 1. The molecule has 1 N–H and O–H groups in total. The lowest BCUT2D eigenvalue weighted by Gasteiger charge is -2.55. The van der Waals surface area contributed by atoms with Crippen molar-refractivity contribution < 1.29 is 14.3 Å². The van der Waals surface area contributed by atoms with Gasteiger partial charge in [-0.15, -0.1) is 0 Å². The Morgan fingerprint density at radius 1 is 1.22 bits per heavy atom. The van der Waals surface area contributed by atoms with Crippen LogP contribution >= 0.6 is 0 Å². The topological polar surface area (TPSA) is 47.6 Å². The number of unbranched alkanes of at least 4 members (excludes halogenated alkanes) is 4. The number of ether oxygens (including phenoxy) is 2. The first-order valence-electron chi connectivity index (χ1n) is 11.2. The molecule has 1 amide bonds. The van der Waals surface area contributed by atoms with Crippen LogP contribution in [0.2, 0.25) is 0 Å². The van der Waals surface area contributed by atoms with E-state index in [2.05, 4.69) is 46.0 Å². The van der Waals surface area contributed by atoms with E-state index in [1.165, 1.54) is 31.3 Å². The fourth-order valence-corrected chi connectivity index (χ4v) is 5.04. The summed E-state index contributed by atoms with van der Waals surface area (Å²) >= 11 is 0. The van der Waals surface area contributed by atoms with Crippen LogP contribution in [0.3, 0.4) is 0 Å². The lowest BCUT2D eigenvalue weighted by atomic mass is 9.56. The van der Waals surface area contributed by atoms with Crippen LogP contribution in [0, 0.1) is 23.2 Å². The van der Waals surface area contributed by atoms with Crippen molar-refractivity contribution in [1.82, 2.24) is 5.32 Å². The van der Waals surface area contributed by atoms with Crippen LogP contribution in [0.25, 0.3) is 0 Å². The summed E-state index contributed by atoms with van der Waals surface area (Å²) in [6, 6.07) is 0. The van der Waals surface area contributed by atoms with Crippen molar-refractivity contribution in [1.29, 1.82) is 0 Å². The molecule has 4 nitrogen and oxygen atoms in total. The largest absolute Gasteiger partial charge is 0.449 e. The lowest BCUT2D eigenvalue weighted by molar-refractivity contribution is -0.165. The highest BCUT2D eigenvalue weighted by molar-refractivity contribution is 5.67. The van der Waals surface area contributed by atoms with E-state index in [9.17, 15) is 4.79 Å². The second kappa shape index (κ2) is 10.5. The van der Waals surface area contributed by atoms with Gasteiger partial charge in [-0.3, -0.25) is 0 Å². The molecule has 0 aromatic carbocycles. The zero-order valence-corrected chi connectivity index (χ0v) is 18.2. The summed E-state index contributed by atoms with van der Waals surface area (Å²) in [6.07, 6.45) is 10.7. The predicted octanol–water partition coefficient (Wildman–Crippen LogP) is 5.72. The zero-order chi connectivity index (χ0) is 19.9. The number of hydrogen-bond donors (Lipinski definition) is 1. The molecule has 27 heavy (non-hydrogen) atoms. The molecular formula is C23H41NO3. The number of carbonyl (C=O) groups excluding carboxylic acids is 1. The van der Waals surface area contributed by atoms with E-state index >= 15 is 0 Å². The van der Waals surface area contributed by atoms with E-state index in [1.54, 1.807) is 0 Å². The normalized spacial score (nSPS) is 32.7. The number of alkyl carbamates (subject to hydrolysis) is 1. The number of allylic oxidation sites excluding steroid dienone is 1. The van der Waals surface area contributed by atoms with Crippen LogP contribution in [0.4, 0.5) is 4.79 Å². The zero-order valence-electron chi connectivity index (χ0n) is 18.2. The van der Waals surface area contributed by atoms with Crippen LogP contribution in [0.5, 0.6) is 0 Å². The van der Waals surface area contributed by atoms with Gasteiger partial charge in [-0.05, 0) is 31.6 Å². The summed E-state index contributed by atoms with van der Waals surface area (Å²) in [4.78, 5) is 12.1. The van der Waals surface area contributed by atoms with E-state index in [0.29, 0.717) is 43.6 Å². The molecular weight excluding hydrogens is 338 g/mol. The fraction of sp³-hybridized carbons (Fsp3) is 0.870. The molecule has 1 aliphatic heterocycles. The van der Waals surface area contributed by atoms with Crippen molar-refractivity contribution in [2.45, 2.75) is 85.7 Å².